The lowest BCUT2D eigenvalue weighted by Gasteiger charge is -2.21. The number of imide groups is 1. The Labute approximate surface area is 146 Å². The van der Waals surface area contributed by atoms with E-state index in [0.717, 1.165) is 18.4 Å². The first-order chi connectivity index (χ1) is 12.1. The molecular weight excluding hydrogens is 318 g/mol. The summed E-state index contributed by atoms with van der Waals surface area (Å²) in [6.07, 6.45) is 2.44. The molecule has 4 rings (SSSR count). The van der Waals surface area contributed by atoms with E-state index in [2.05, 4.69) is 10.1 Å². The lowest BCUT2D eigenvalue weighted by molar-refractivity contribution is -0.119. The summed E-state index contributed by atoms with van der Waals surface area (Å²) in [5.41, 5.74) is 1.05. The van der Waals surface area contributed by atoms with E-state index in [1.807, 2.05) is 37.3 Å². The Morgan fingerprint density at radius 1 is 1.16 bits per heavy atom. The summed E-state index contributed by atoms with van der Waals surface area (Å²) >= 11 is 0. The minimum Gasteiger partial charge on any atom is -0.309 e. The third kappa shape index (κ3) is 2.69. The topological polar surface area (TPSA) is 71.3 Å². The number of carbonyl (C=O) groups excluding carboxylic acids is 2. The number of aryl methyl sites for hydroxylation is 2. The highest BCUT2D eigenvalue weighted by Crippen LogP contribution is 2.36. The van der Waals surface area contributed by atoms with Crippen LogP contribution < -0.4 is 4.90 Å². The van der Waals surface area contributed by atoms with Crippen LogP contribution in [-0.4, -0.2) is 43.7 Å². The van der Waals surface area contributed by atoms with Gasteiger partial charge in [0.2, 0.25) is 5.95 Å². The Hall–Kier alpha value is -2.70. The maximum Gasteiger partial charge on any atom is 0.334 e. The van der Waals surface area contributed by atoms with Crippen LogP contribution in [0.2, 0.25) is 0 Å². The minimum atomic E-state index is -0.468. The summed E-state index contributed by atoms with van der Waals surface area (Å²) in [6, 6.07) is 9.26. The van der Waals surface area contributed by atoms with Crippen LogP contribution in [0.15, 0.2) is 30.3 Å². The Kier molecular flexibility index (Phi) is 3.78. The smallest absolute Gasteiger partial charge is 0.309 e. The van der Waals surface area contributed by atoms with E-state index < -0.39 is 6.04 Å². The van der Waals surface area contributed by atoms with Gasteiger partial charge in [-0.3, -0.25) is 4.79 Å². The number of hydrogen-bond acceptors (Lipinski definition) is 4. The van der Waals surface area contributed by atoms with Crippen molar-refractivity contribution in [3.05, 3.63) is 41.7 Å². The molecule has 1 unspecified atom stereocenters. The number of anilines is 1. The van der Waals surface area contributed by atoms with Gasteiger partial charge in [0.05, 0.1) is 0 Å². The highest BCUT2D eigenvalue weighted by molar-refractivity contribution is 6.20. The van der Waals surface area contributed by atoms with Gasteiger partial charge in [0.25, 0.3) is 5.91 Å². The number of amides is 3. The monoisotopic (exact) mass is 339 g/mol. The maximum atomic E-state index is 13.1. The third-order valence-electron chi connectivity index (χ3n) is 4.72. The number of rotatable bonds is 5. The first-order valence-corrected chi connectivity index (χ1v) is 8.71. The second-order valence-electron chi connectivity index (χ2n) is 6.57. The molecule has 2 aliphatic rings. The van der Waals surface area contributed by atoms with E-state index in [1.54, 1.807) is 16.5 Å². The molecule has 2 aromatic rings. The number of benzene rings is 1. The zero-order chi connectivity index (χ0) is 17.6. The molecular formula is C18H21N5O2. The van der Waals surface area contributed by atoms with Gasteiger partial charge in [0, 0.05) is 19.0 Å². The number of aromatic nitrogens is 3. The van der Waals surface area contributed by atoms with Gasteiger partial charge in [-0.25, -0.2) is 9.48 Å². The van der Waals surface area contributed by atoms with Gasteiger partial charge < -0.3 is 4.90 Å². The van der Waals surface area contributed by atoms with Crippen LogP contribution in [0.25, 0.3) is 0 Å². The summed E-state index contributed by atoms with van der Waals surface area (Å²) in [4.78, 5) is 33.4. The number of nitrogens with zero attached hydrogens (tertiary/aromatic N) is 5. The maximum absolute atomic E-state index is 13.1. The zero-order valence-electron chi connectivity index (χ0n) is 14.4. The second-order valence-corrected chi connectivity index (χ2v) is 6.57. The van der Waals surface area contributed by atoms with Crippen molar-refractivity contribution >= 4 is 17.9 Å². The average Bonchev–Trinajstić information content (AvgIpc) is 3.32. The molecule has 1 aromatic heterocycles. The predicted molar refractivity (Wildman–Crippen MR) is 92.1 cm³/mol. The zero-order valence-corrected chi connectivity index (χ0v) is 14.4. The van der Waals surface area contributed by atoms with E-state index in [0.29, 0.717) is 24.7 Å². The molecule has 25 heavy (non-hydrogen) atoms. The number of hydrogen-bond donors (Lipinski definition) is 0. The Morgan fingerprint density at radius 3 is 2.52 bits per heavy atom. The van der Waals surface area contributed by atoms with Crippen molar-refractivity contribution in [2.24, 2.45) is 0 Å². The van der Waals surface area contributed by atoms with E-state index in [-0.39, 0.29) is 18.0 Å². The molecule has 2 fully saturated rings. The summed E-state index contributed by atoms with van der Waals surface area (Å²) < 4.78 is 1.61. The summed E-state index contributed by atoms with van der Waals surface area (Å²) in [7, 11) is 0. The molecule has 1 atom stereocenters. The first-order valence-electron chi connectivity index (χ1n) is 8.71. The molecule has 1 aliphatic heterocycles. The molecule has 0 bridgehead atoms. The summed E-state index contributed by atoms with van der Waals surface area (Å²) in [5.74, 6) is 0.681. The summed E-state index contributed by atoms with van der Waals surface area (Å²) in [6.45, 7) is 4.24. The quantitative estimate of drug-likeness (QED) is 0.783. The molecule has 1 aromatic carbocycles. The van der Waals surface area contributed by atoms with Gasteiger partial charge in [0.1, 0.15) is 11.9 Å². The van der Waals surface area contributed by atoms with Crippen molar-refractivity contribution in [3.8, 4) is 0 Å². The molecule has 1 saturated carbocycles. The van der Waals surface area contributed by atoms with Crippen molar-refractivity contribution in [2.75, 3.05) is 4.90 Å². The van der Waals surface area contributed by atoms with Crippen LogP contribution in [0.4, 0.5) is 10.7 Å². The molecule has 0 radical (unpaired) electrons. The van der Waals surface area contributed by atoms with Crippen molar-refractivity contribution in [2.45, 2.75) is 51.7 Å². The third-order valence-corrected chi connectivity index (χ3v) is 4.72. The van der Waals surface area contributed by atoms with E-state index >= 15 is 0 Å². The molecule has 2 heterocycles. The summed E-state index contributed by atoms with van der Waals surface area (Å²) in [5, 5.41) is 4.28. The Balaban J connectivity index is 1.70. The molecule has 7 nitrogen and oxygen atoms in total. The fourth-order valence-corrected chi connectivity index (χ4v) is 3.40. The van der Waals surface area contributed by atoms with Gasteiger partial charge in [-0.2, -0.15) is 15.0 Å². The van der Waals surface area contributed by atoms with Gasteiger partial charge >= 0.3 is 6.03 Å². The molecule has 0 N–H and O–H groups in total. The molecule has 0 spiro atoms. The first kappa shape index (κ1) is 15.8. The Bertz CT molecular complexity index is 812. The molecule has 3 amide bonds. The van der Waals surface area contributed by atoms with Gasteiger partial charge in [-0.05, 0) is 32.3 Å². The second kappa shape index (κ2) is 5.98. The van der Waals surface area contributed by atoms with Crippen LogP contribution in [0.5, 0.6) is 0 Å². The van der Waals surface area contributed by atoms with Crippen LogP contribution in [0.1, 0.15) is 31.2 Å². The molecule has 1 saturated heterocycles. The van der Waals surface area contributed by atoms with Crippen LogP contribution >= 0.6 is 0 Å². The normalized spacial score (nSPS) is 20.6. The largest absolute Gasteiger partial charge is 0.334 e. The molecule has 130 valence electrons. The highest BCUT2D eigenvalue weighted by atomic mass is 16.2. The van der Waals surface area contributed by atoms with Crippen LogP contribution in [-0.2, 0) is 17.8 Å². The minimum absolute atomic E-state index is 0.161. The number of urea groups is 1. The van der Waals surface area contributed by atoms with E-state index in [9.17, 15) is 9.59 Å². The van der Waals surface area contributed by atoms with Gasteiger partial charge in [0.15, 0.2) is 0 Å². The van der Waals surface area contributed by atoms with Gasteiger partial charge in [-0.15, -0.1) is 0 Å². The Morgan fingerprint density at radius 2 is 1.88 bits per heavy atom. The van der Waals surface area contributed by atoms with Crippen LogP contribution in [0.3, 0.4) is 0 Å². The van der Waals surface area contributed by atoms with Crippen molar-refractivity contribution in [1.82, 2.24) is 19.7 Å². The van der Waals surface area contributed by atoms with E-state index in [4.69, 9.17) is 0 Å². The lowest BCUT2D eigenvalue weighted by Crippen LogP contribution is -2.38. The van der Waals surface area contributed by atoms with Crippen LogP contribution in [0, 0.1) is 6.92 Å². The molecule has 1 aliphatic carbocycles. The highest BCUT2D eigenvalue weighted by Gasteiger charge is 2.52. The van der Waals surface area contributed by atoms with E-state index in [1.165, 1.54) is 4.90 Å². The number of carbonyl (C=O) groups is 2. The van der Waals surface area contributed by atoms with Gasteiger partial charge in [-0.1, -0.05) is 30.3 Å². The fourth-order valence-electron chi connectivity index (χ4n) is 3.40. The van der Waals surface area contributed by atoms with Crippen molar-refractivity contribution < 1.29 is 9.59 Å². The fraction of sp³-hybridized carbons (Fsp3) is 0.444. The standard InChI is InChI=1S/C18H21N5O2/c1-3-21-17(19-12(2)20-21)23-16(24)15(11-13-7-5-4-6-8-13)22(18(23)25)14-9-10-14/h4-8,14-15H,3,9-11H2,1-2H3. The average molecular weight is 339 g/mol. The molecule has 7 heteroatoms. The van der Waals surface area contributed by atoms with Crippen molar-refractivity contribution in [3.63, 3.8) is 0 Å². The SMILES string of the molecule is CCn1nc(C)nc1N1C(=O)C(Cc2ccccc2)N(C2CC2)C1=O. The predicted octanol–water partition coefficient (Wildman–Crippen LogP) is 2.15. The van der Waals surface area contributed by atoms with Crippen molar-refractivity contribution in [1.29, 1.82) is 0 Å². The lowest BCUT2D eigenvalue weighted by atomic mass is 10.0.